The maximum Gasteiger partial charge on any atom is 0.358 e. The van der Waals surface area contributed by atoms with Crippen molar-refractivity contribution in [2.24, 2.45) is 0 Å². The summed E-state index contributed by atoms with van der Waals surface area (Å²) in [7, 11) is 1.33. The average Bonchev–Trinajstić information content (AvgIpc) is 2.39. The van der Waals surface area contributed by atoms with E-state index in [1.807, 2.05) is 0 Å². The van der Waals surface area contributed by atoms with Crippen molar-refractivity contribution in [2.45, 2.75) is 33.2 Å². The van der Waals surface area contributed by atoms with Crippen LogP contribution in [0.5, 0.6) is 0 Å². The molecule has 0 saturated carbocycles. The van der Waals surface area contributed by atoms with Gasteiger partial charge < -0.3 is 9.64 Å². The second kappa shape index (κ2) is 6.18. The van der Waals surface area contributed by atoms with Gasteiger partial charge in [-0.1, -0.05) is 6.92 Å². The molecule has 17 heavy (non-hydrogen) atoms. The summed E-state index contributed by atoms with van der Waals surface area (Å²) in [4.78, 5) is 21.7. The summed E-state index contributed by atoms with van der Waals surface area (Å²) in [6.45, 7) is 7.20. The zero-order chi connectivity index (χ0) is 12.8. The zero-order valence-electron chi connectivity index (χ0n) is 10.8. The Balaban J connectivity index is 2.88. The number of hydrogen-bond acceptors (Lipinski definition) is 5. The molecule has 0 fully saturated rings. The first-order valence-corrected chi connectivity index (χ1v) is 5.81. The number of nitrogens with zero attached hydrogens (tertiary/aromatic N) is 3. The third-order valence-electron chi connectivity index (χ3n) is 2.79. The van der Waals surface area contributed by atoms with E-state index < -0.39 is 5.97 Å². The van der Waals surface area contributed by atoms with Gasteiger partial charge in [0.25, 0.3) is 0 Å². The second-order valence-electron chi connectivity index (χ2n) is 3.79. The summed E-state index contributed by atoms with van der Waals surface area (Å²) < 4.78 is 4.58. The van der Waals surface area contributed by atoms with Crippen LogP contribution in [0.3, 0.4) is 0 Å². The van der Waals surface area contributed by atoms with Crippen molar-refractivity contribution in [3.63, 3.8) is 0 Å². The molecule has 1 rings (SSSR count). The Hall–Kier alpha value is -1.65. The lowest BCUT2D eigenvalue weighted by Gasteiger charge is -2.27. The molecular formula is C12H19N3O2. The molecule has 0 spiro atoms. The molecule has 0 amide bonds. The van der Waals surface area contributed by atoms with Crippen LogP contribution in [0.4, 0.5) is 5.82 Å². The Morgan fingerprint density at radius 2 is 2.12 bits per heavy atom. The monoisotopic (exact) mass is 237 g/mol. The van der Waals surface area contributed by atoms with Gasteiger partial charge in [-0.05, 0) is 20.3 Å². The van der Waals surface area contributed by atoms with Gasteiger partial charge in [0.05, 0.1) is 19.5 Å². The molecule has 0 saturated heterocycles. The molecule has 1 unspecified atom stereocenters. The van der Waals surface area contributed by atoms with Crippen molar-refractivity contribution in [3.05, 3.63) is 18.1 Å². The SMILES string of the molecule is CCC(C)N(CC)c1cnc(C(=O)OC)cn1. The summed E-state index contributed by atoms with van der Waals surface area (Å²) in [6, 6.07) is 0.401. The highest BCUT2D eigenvalue weighted by Gasteiger charge is 2.14. The lowest BCUT2D eigenvalue weighted by atomic mass is 10.2. The van der Waals surface area contributed by atoms with Crippen LogP contribution in [0.15, 0.2) is 12.4 Å². The van der Waals surface area contributed by atoms with Crippen molar-refractivity contribution < 1.29 is 9.53 Å². The van der Waals surface area contributed by atoms with E-state index >= 15 is 0 Å². The van der Waals surface area contributed by atoms with Gasteiger partial charge in [0.15, 0.2) is 5.69 Å². The molecule has 5 heteroatoms. The van der Waals surface area contributed by atoms with Gasteiger partial charge in [-0.3, -0.25) is 0 Å². The van der Waals surface area contributed by atoms with Crippen LogP contribution in [0.25, 0.3) is 0 Å². The molecule has 1 aromatic rings. The lowest BCUT2D eigenvalue weighted by molar-refractivity contribution is 0.0593. The summed E-state index contributed by atoms with van der Waals surface area (Å²) in [5.41, 5.74) is 0.233. The Bertz CT molecular complexity index is 365. The van der Waals surface area contributed by atoms with Gasteiger partial charge >= 0.3 is 5.97 Å². The predicted molar refractivity (Wildman–Crippen MR) is 66.1 cm³/mol. The number of anilines is 1. The predicted octanol–water partition coefficient (Wildman–Crippen LogP) is 1.89. The number of aromatic nitrogens is 2. The minimum absolute atomic E-state index is 0.233. The minimum atomic E-state index is -0.462. The van der Waals surface area contributed by atoms with Crippen LogP contribution in [-0.2, 0) is 4.74 Å². The Labute approximate surface area is 102 Å². The van der Waals surface area contributed by atoms with Crippen molar-refractivity contribution in [2.75, 3.05) is 18.6 Å². The molecule has 1 heterocycles. The fourth-order valence-electron chi connectivity index (χ4n) is 1.60. The van der Waals surface area contributed by atoms with Crippen LogP contribution < -0.4 is 4.90 Å². The number of ether oxygens (including phenoxy) is 1. The van der Waals surface area contributed by atoms with E-state index in [4.69, 9.17) is 0 Å². The molecule has 0 aliphatic carbocycles. The number of carbonyl (C=O) groups excluding carboxylic acids is 1. The molecule has 0 N–H and O–H groups in total. The largest absolute Gasteiger partial charge is 0.464 e. The van der Waals surface area contributed by atoms with Crippen molar-refractivity contribution in [1.29, 1.82) is 0 Å². The van der Waals surface area contributed by atoms with Gasteiger partial charge in [0, 0.05) is 12.6 Å². The van der Waals surface area contributed by atoms with E-state index in [0.717, 1.165) is 18.8 Å². The van der Waals surface area contributed by atoms with E-state index in [-0.39, 0.29) is 5.69 Å². The van der Waals surface area contributed by atoms with Crippen molar-refractivity contribution >= 4 is 11.8 Å². The summed E-state index contributed by atoms with van der Waals surface area (Å²) in [5.74, 6) is 0.324. The summed E-state index contributed by atoms with van der Waals surface area (Å²) >= 11 is 0. The number of hydrogen-bond donors (Lipinski definition) is 0. The van der Waals surface area contributed by atoms with Crippen LogP contribution in [0.1, 0.15) is 37.7 Å². The van der Waals surface area contributed by atoms with Gasteiger partial charge in [-0.25, -0.2) is 14.8 Å². The fourth-order valence-corrected chi connectivity index (χ4v) is 1.60. The molecule has 1 aromatic heterocycles. The van der Waals surface area contributed by atoms with E-state index in [1.165, 1.54) is 13.3 Å². The highest BCUT2D eigenvalue weighted by atomic mass is 16.5. The summed E-state index contributed by atoms with van der Waals surface area (Å²) in [6.07, 6.45) is 4.10. The third-order valence-corrected chi connectivity index (χ3v) is 2.79. The van der Waals surface area contributed by atoms with Gasteiger partial charge in [-0.2, -0.15) is 0 Å². The molecule has 0 aliphatic rings. The molecule has 0 aliphatic heterocycles. The quantitative estimate of drug-likeness (QED) is 0.732. The molecular weight excluding hydrogens is 218 g/mol. The first kappa shape index (κ1) is 13.4. The Kier molecular flexibility index (Phi) is 4.87. The first-order chi connectivity index (χ1) is 8.13. The maximum atomic E-state index is 11.2. The first-order valence-electron chi connectivity index (χ1n) is 5.81. The molecule has 0 radical (unpaired) electrons. The minimum Gasteiger partial charge on any atom is -0.464 e. The van der Waals surface area contributed by atoms with E-state index in [9.17, 15) is 4.79 Å². The molecule has 0 aromatic carbocycles. The maximum absolute atomic E-state index is 11.2. The average molecular weight is 237 g/mol. The van der Waals surface area contributed by atoms with Gasteiger partial charge in [0.1, 0.15) is 5.82 Å². The number of carbonyl (C=O) groups is 1. The van der Waals surface area contributed by atoms with Crippen molar-refractivity contribution in [3.8, 4) is 0 Å². The van der Waals surface area contributed by atoms with Crippen LogP contribution in [0, 0.1) is 0 Å². The third kappa shape index (κ3) is 3.15. The second-order valence-corrected chi connectivity index (χ2v) is 3.79. The molecule has 94 valence electrons. The fraction of sp³-hybridized carbons (Fsp3) is 0.583. The Morgan fingerprint density at radius 3 is 2.53 bits per heavy atom. The van der Waals surface area contributed by atoms with Crippen molar-refractivity contribution in [1.82, 2.24) is 9.97 Å². The topological polar surface area (TPSA) is 55.3 Å². The van der Waals surface area contributed by atoms with Gasteiger partial charge in [-0.15, -0.1) is 0 Å². The van der Waals surface area contributed by atoms with E-state index in [2.05, 4.69) is 40.4 Å². The lowest BCUT2D eigenvalue weighted by Crippen LogP contribution is -2.33. The number of methoxy groups -OCH3 is 1. The molecule has 0 bridgehead atoms. The normalized spacial score (nSPS) is 12.0. The van der Waals surface area contributed by atoms with E-state index in [1.54, 1.807) is 6.20 Å². The van der Waals surface area contributed by atoms with Crippen LogP contribution >= 0.6 is 0 Å². The molecule has 1 atom stereocenters. The van der Waals surface area contributed by atoms with Gasteiger partial charge in [0.2, 0.25) is 0 Å². The molecule has 5 nitrogen and oxygen atoms in total. The standard InChI is InChI=1S/C12H19N3O2/c1-5-9(3)15(6-2)11-8-13-10(7-14-11)12(16)17-4/h7-9H,5-6H2,1-4H3. The highest BCUT2D eigenvalue weighted by Crippen LogP contribution is 2.14. The van der Waals surface area contributed by atoms with Crippen LogP contribution in [-0.4, -0.2) is 35.6 Å². The highest BCUT2D eigenvalue weighted by molar-refractivity contribution is 5.86. The summed E-state index contributed by atoms with van der Waals surface area (Å²) in [5, 5.41) is 0. The van der Waals surface area contributed by atoms with Crippen LogP contribution in [0.2, 0.25) is 0 Å². The Morgan fingerprint density at radius 1 is 1.41 bits per heavy atom. The number of esters is 1. The number of rotatable bonds is 5. The van der Waals surface area contributed by atoms with E-state index in [0.29, 0.717) is 6.04 Å². The zero-order valence-corrected chi connectivity index (χ0v) is 10.8. The smallest absolute Gasteiger partial charge is 0.358 e.